The Bertz CT molecular complexity index is 520. The van der Waals surface area contributed by atoms with Gasteiger partial charge in [0.1, 0.15) is 0 Å². The molecule has 0 spiro atoms. The molecule has 0 radical (unpaired) electrons. The van der Waals surface area contributed by atoms with E-state index in [9.17, 15) is 13.2 Å². The van der Waals surface area contributed by atoms with Gasteiger partial charge in [-0.2, -0.15) is 0 Å². The fourth-order valence-corrected chi connectivity index (χ4v) is 4.06. The number of anilines is 1. The Hall–Kier alpha value is -0.910. The molecule has 21 heavy (non-hydrogen) atoms. The highest BCUT2D eigenvalue weighted by Gasteiger charge is 2.39. The maximum atomic E-state index is 12.5. The maximum absolute atomic E-state index is 12.5. The second-order valence-corrected chi connectivity index (χ2v) is 6.92. The Labute approximate surface area is 130 Å². The van der Waals surface area contributed by atoms with Crippen LogP contribution in [0.5, 0.6) is 5.75 Å². The van der Waals surface area contributed by atoms with Crippen molar-refractivity contribution in [2.24, 2.45) is 17.8 Å². The van der Waals surface area contributed by atoms with Crippen LogP contribution in [-0.2, 0) is 0 Å². The Morgan fingerprint density at radius 3 is 2.67 bits per heavy atom. The molecule has 2 fully saturated rings. The predicted molar refractivity (Wildman–Crippen MR) is 78.3 cm³/mol. The third-order valence-electron chi connectivity index (χ3n) is 4.61. The number of benzene rings is 1. The predicted octanol–water partition coefficient (Wildman–Crippen LogP) is 5.20. The Balaban J connectivity index is 1.67. The van der Waals surface area contributed by atoms with Gasteiger partial charge in [-0.3, -0.25) is 0 Å². The van der Waals surface area contributed by atoms with Crippen LogP contribution in [0, 0.1) is 17.8 Å². The molecule has 6 heteroatoms. The molecule has 1 aromatic carbocycles. The van der Waals surface area contributed by atoms with Gasteiger partial charge in [-0.25, -0.2) is 0 Å². The summed E-state index contributed by atoms with van der Waals surface area (Å²) in [4.78, 5) is 0. The number of hydrogen-bond acceptors (Lipinski definition) is 2. The molecule has 0 heterocycles. The van der Waals surface area contributed by atoms with Crippen LogP contribution in [0.1, 0.15) is 25.7 Å². The minimum atomic E-state index is -4.68. The van der Waals surface area contributed by atoms with Crippen molar-refractivity contribution in [2.45, 2.75) is 32.0 Å². The van der Waals surface area contributed by atoms with Crippen LogP contribution >= 0.6 is 15.9 Å². The topological polar surface area (TPSA) is 21.3 Å². The van der Waals surface area contributed by atoms with E-state index in [4.69, 9.17) is 0 Å². The molecule has 3 atom stereocenters. The first-order valence-corrected chi connectivity index (χ1v) is 7.99. The van der Waals surface area contributed by atoms with Crippen molar-refractivity contribution in [3.05, 3.63) is 22.7 Å². The van der Waals surface area contributed by atoms with E-state index in [1.807, 2.05) is 0 Å². The monoisotopic (exact) mass is 363 g/mol. The first kappa shape index (κ1) is 15.0. The second-order valence-electron chi connectivity index (χ2n) is 6.00. The number of hydrogen-bond donors (Lipinski definition) is 1. The van der Waals surface area contributed by atoms with Crippen molar-refractivity contribution in [1.82, 2.24) is 0 Å². The zero-order chi connectivity index (χ0) is 15.0. The average Bonchev–Trinajstić information content (AvgIpc) is 2.98. The number of rotatable bonds is 4. The molecule has 3 unspecified atom stereocenters. The van der Waals surface area contributed by atoms with Gasteiger partial charge in [-0.05, 0) is 55.2 Å². The summed E-state index contributed by atoms with van der Waals surface area (Å²) >= 11 is 3.17. The molecule has 3 rings (SSSR count). The van der Waals surface area contributed by atoms with E-state index >= 15 is 0 Å². The van der Waals surface area contributed by atoms with Gasteiger partial charge in [0.15, 0.2) is 5.75 Å². The van der Waals surface area contributed by atoms with Crippen molar-refractivity contribution in [3.63, 3.8) is 0 Å². The van der Waals surface area contributed by atoms with Gasteiger partial charge in [-0.15, -0.1) is 13.2 Å². The molecule has 2 aliphatic carbocycles. The fourth-order valence-electron chi connectivity index (χ4n) is 3.72. The zero-order valence-corrected chi connectivity index (χ0v) is 13.0. The lowest BCUT2D eigenvalue weighted by Gasteiger charge is -2.23. The number of alkyl halides is 3. The highest BCUT2D eigenvalue weighted by molar-refractivity contribution is 9.10. The fraction of sp³-hybridized carbons (Fsp3) is 0.600. The molecular formula is C15H17BrF3NO. The van der Waals surface area contributed by atoms with Crippen molar-refractivity contribution >= 4 is 21.6 Å². The van der Waals surface area contributed by atoms with Crippen LogP contribution in [0.15, 0.2) is 22.7 Å². The smallest absolute Gasteiger partial charge is 0.404 e. The summed E-state index contributed by atoms with van der Waals surface area (Å²) < 4.78 is 42.0. The van der Waals surface area contributed by atoms with Crippen molar-refractivity contribution < 1.29 is 17.9 Å². The standard InChI is InChI=1S/C15H17BrF3NO/c16-12-3-4-13(14(7-12)21-15(17,18)19)20-8-11-6-9-1-2-10(11)5-9/h3-4,7,9-11,20H,1-2,5-6,8H2. The molecule has 2 bridgehead atoms. The minimum absolute atomic E-state index is 0.181. The van der Waals surface area contributed by atoms with E-state index in [0.29, 0.717) is 16.1 Å². The first-order valence-electron chi connectivity index (χ1n) is 7.20. The van der Waals surface area contributed by atoms with Gasteiger partial charge in [0.2, 0.25) is 0 Å². The number of ether oxygens (including phenoxy) is 1. The molecule has 0 amide bonds. The first-order chi connectivity index (χ1) is 9.90. The van der Waals surface area contributed by atoms with Gasteiger partial charge in [-0.1, -0.05) is 22.4 Å². The third-order valence-corrected chi connectivity index (χ3v) is 5.10. The summed E-state index contributed by atoms with van der Waals surface area (Å²) in [6.07, 6.45) is 0.400. The molecule has 2 nitrogen and oxygen atoms in total. The quantitative estimate of drug-likeness (QED) is 0.793. The largest absolute Gasteiger partial charge is 0.573 e. The van der Waals surface area contributed by atoms with E-state index < -0.39 is 6.36 Å². The lowest BCUT2D eigenvalue weighted by molar-refractivity contribution is -0.274. The van der Waals surface area contributed by atoms with Crippen LogP contribution < -0.4 is 10.1 Å². The van der Waals surface area contributed by atoms with Crippen LogP contribution in [0.3, 0.4) is 0 Å². The summed E-state index contributed by atoms with van der Waals surface area (Å²) in [6.45, 7) is 0.719. The lowest BCUT2D eigenvalue weighted by Crippen LogP contribution is -2.22. The van der Waals surface area contributed by atoms with Gasteiger partial charge in [0.05, 0.1) is 5.69 Å². The summed E-state index contributed by atoms with van der Waals surface area (Å²) in [6, 6.07) is 4.68. The highest BCUT2D eigenvalue weighted by atomic mass is 79.9. The van der Waals surface area contributed by atoms with E-state index in [1.165, 1.54) is 31.7 Å². The van der Waals surface area contributed by atoms with Crippen LogP contribution in [0.2, 0.25) is 0 Å². The van der Waals surface area contributed by atoms with E-state index in [-0.39, 0.29) is 5.75 Å². The normalized spacial score (nSPS) is 27.9. The molecule has 1 N–H and O–H groups in total. The Morgan fingerprint density at radius 1 is 1.24 bits per heavy atom. The molecule has 1 aromatic rings. The Morgan fingerprint density at radius 2 is 2.05 bits per heavy atom. The summed E-state index contributed by atoms with van der Waals surface area (Å²) in [5.74, 6) is 1.97. The van der Waals surface area contributed by atoms with E-state index in [2.05, 4.69) is 26.0 Å². The summed E-state index contributed by atoms with van der Waals surface area (Å²) in [5, 5.41) is 3.14. The highest BCUT2D eigenvalue weighted by Crippen LogP contribution is 2.48. The van der Waals surface area contributed by atoms with Crippen molar-refractivity contribution in [1.29, 1.82) is 0 Å². The molecule has 116 valence electrons. The third kappa shape index (κ3) is 3.65. The Kier molecular flexibility index (Phi) is 4.08. The second kappa shape index (κ2) is 5.71. The molecule has 0 saturated heterocycles. The molecular weight excluding hydrogens is 347 g/mol. The van der Waals surface area contributed by atoms with Crippen LogP contribution in [0.4, 0.5) is 18.9 Å². The maximum Gasteiger partial charge on any atom is 0.573 e. The number of fused-ring (bicyclic) bond motifs is 2. The van der Waals surface area contributed by atoms with Crippen LogP contribution in [-0.4, -0.2) is 12.9 Å². The van der Waals surface area contributed by atoms with Crippen molar-refractivity contribution in [2.75, 3.05) is 11.9 Å². The molecule has 0 aromatic heterocycles. The van der Waals surface area contributed by atoms with Gasteiger partial charge < -0.3 is 10.1 Å². The van der Waals surface area contributed by atoms with Crippen LogP contribution in [0.25, 0.3) is 0 Å². The minimum Gasteiger partial charge on any atom is -0.404 e. The summed E-state index contributed by atoms with van der Waals surface area (Å²) in [5.41, 5.74) is 0.401. The molecule has 2 saturated carbocycles. The SMILES string of the molecule is FC(F)(F)Oc1cc(Br)ccc1NCC1CC2CCC1C2. The lowest BCUT2D eigenvalue weighted by atomic mass is 9.89. The number of halogens is 4. The number of nitrogens with one attached hydrogen (secondary N) is 1. The van der Waals surface area contributed by atoms with E-state index in [0.717, 1.165) is 18.4 Å². The van der Waals surface area contributed by atoms with Crippen molar-refractivity contribution in [3.8, 4) is 5.75 Å². The van der Waals surface area contributed by atoms with Gasteiger partial charge in [0.25, 0.3) is 0 Å². The average molecular weight is 364 g/mol. The molecule has 2 aliphatic rings. The zero-order valence-electron chi connectivity index (χ0n) is 11.4. The van der Waals surface area contributed by atoms with E-state index in [1.54, 1.807) is 12.1 Å². The van der Waals surface area contributed by atoms with Gasteiger partial charge >= 0.3 is 6.36 Å². The molecule has 0 aliphatic heterocycles. The van der Waals surface area contributed by atoms with Gasteiger partial charge in [0, 0.05) is 11.0 Å². The summed E-state index contributed by atoms with van der Waals surface area (Å²) in [7, 11) is 0.